The summed E-state index contributed by atoms with van der Waals surface area (Å²) in [6, 6.07) is 15.2. The highest BCUT2D eigenvalue weighted by Gasteiger charge is 2.47. The second-order valence-electron chi connectivity index (χ2n) is 13.0. The predicted molar refractivity (Wildman–Crippen MR) is 160 cm³/mol. The maximum absolute atomic E-state index is 13.2. The fourth-order valence-electron chi connectivity index (χ4n) is 5.90. The van der Waals surface area contributed by atoms with Gasteiger partial charge in [0.1, 0.15) is 23.6 Å². The Morgan fingerprint density at radius 1 is 0.953 bits per heavy atom. The predicted octanol–water partition coefficient (Wildman–Crippen LogP) is 4.47. The van der Waals surface area contributed by atoms with Gasteiger partial charge >= 0.3 is 6.09 Å². The van der Waals surface area contributed by atoms with Crippen molar-refractivity contribution in [2.75, 3.05) is 32.8 Å². The Bertz CT molecular complexity index is 1300. The number of rotatable bonds is 7. The van der Waals surface area contributed by atoms with Crippen LogP contribution in [0.5, 0.6) is 5.75 Å². The van der Waals surface area contributed by atoms with Gasteiger partial charge in [0.15, 0.2) is 12.4 Å². The molecule has 3 saturated heterocycles. The third-order valence-corrected chi connectivity index (χ3v) is 7.94. The molecule has 2 atom stereocenters. The van der Waals surface area contributed by atoms with E-state index in [4.69, 9.17) is 18.9 Å². The fraction of sp³-hybridized carbons (Fsp3) is 0.545. The molecule has 10 heteroatoms. The number of amides is 3. The Hall–Kier alpha value is -3.63. The van der Waals surface area contributed by atoms with E-state index in [1.807, 2.05) is 51.7 Å². The molecule has 232 valence electrons. The van der Waals surface area contributed by atoms with Crippen LogP contribution in [-0.4, -0.2) is 84.1 Å². The third-order valence-electron chi connectivity index (χ3n) is 7.94. The van der Waals surface area contributed by atoms with E-state index in [0.29, 0.717) is 50.0 Å². The summed E-state index contributed by atoms with van der Waals surface area (Å²) in [4.78, 5) is 41.4. The molecule has 5 rings (SSSR count). The molecule has 3 heterocycles. The van der Waals surface area contributed by atoms with Gasteiger partial charge in [-0.3, -0.25) is 9.59 Å². The Morgan fingerprint density at radius 2 is 1.60 bits per heavy atom. The lowest BCUT2D eigenvalue weighted by molar-refractivity contribution is -0.161. The minimum absolute atomic E-state index is 0.0112. The normalized spacial score (nSPS) is 21.8. The van der Waals surface area contributed by atoms with Crippen LogP contribution in [0.2, 0.25) is 0 Å². The molecule has 3 amide bonds. The van der Waals surface area contributed by atoms with Crippen molar-refractivity contribution in [3.63, 3.8) is 0 Å². The topological polar surface area (TPSA) is 107 Å². The van der Waals surface area contributed by atoms with E-state index in [1.165, 1.54) is 5.56 Å². The number of benzene rings is 2. The van der Waals surface area contributed by atoms with E-state index in [2.05, 4.69) is 17.4 Å². The van der Waals surface area contributed by atoms with Crippen LogP contribution in [0.15, 0.2) is 48.5 Å². The molecule has 0 bridgehead atoms. The number of nitrogens with one attached hydrogen (secondary N) is 1. The second-order valence-corrected chi connectivity index (χ2v) is 13.0. The maximum Gasteiger partial charge on any atom is 0.407 e. The first-order valence-electron chi connectivity index (χ1n) is 15.1. The Balaban J connectivity index is 1.06. The number of piperidine rings is 1. The summed E-state index contributed by atoms with van der Waals surface area (Å²) in [7, 11) is 0. The van der Waals surface area contributed by atoms with E-state index < -0.39 is 17.5 Å². The second kappa shape index (κ2) is 12.5. The van der Waals surface area contributed by atoms with Crippen LogP contribution in [0.1, 0.15) is 74.9 Å². The van der Waals surface area contributed by atoms with Gasteiger partial charge in [-0.25, -0.2) is 4.79 Å². The molecule has 43 heavy (non-hydrogen) atoms. The number of carbonyl (C=O) groups is 3. The van der Waals surface area contributed by atoms with E-state index in [1.54, 1.807) is 29.2 Å². The highest BCUT2D eigenvalue weighted by Crippen LogP contribution is 2.33. The number of nitrogens with zero attached hydrogens (tertiary/aromatic N) is 2. The lowest BCUT2D eigenvalue weighted by Crippen LogP contribution is -2.38. The van der Waals surface area contributed by atoms with Crippen molar-refractivity contribution in [2.45, 2.75) is 83.5 Å². The molecule has 10 nitrogen and oxygen atoms in total. The monoisotopic (exact) mass is 593 g/mol. The summed E-state index contributed by atoms with van der Waals surface area (Å²) in [6.45, 7) is 11.9. The lowest BCUT2D eigenvalue weighted by Gasteiger charge is -2.32. The summed E-state index contributed by atoms with van der Waals surface area (Å²) in [5, 5.41) is 2.81. The lowest BCUT2D eigenvalue weighted by atomic mass is 9.88. The average Bonchev–Trinajstić information content (AvgIpc) is 3.48. The molecular weight excluding hydrogens is 550 g/mol. The van der Waals surface area contributed by atoms with Crippen molar-refractivity contribution < 1.29 is 33.3 Å². The summed E-state index contributed by atoms with van der Waals surface area (Å²) >= 11 is 0. The number of ether oxygens (including phenoxy) is 4. The smallest absolute Gasteiger partial charge is 0.407 e. The molecular formula is C33H43N3O7. The van der Waals surface area contributed by atoms with Gasteiger partial charge in [0.05, 0.1) is 0 Å². The molecule has 2 aromatic rings. The van der Waals surface area contributed by atoms with E-state index >= 15 is 0 Å². The molecule has 0 saturated carbocycles. The molecule has 2 aromatic carbocycles. The number of hydrogen-bond donors (Lipinski definition) is 1. The van der Waals surface area contributed by atoms with Crippen molar-refractivity contribution in [3.8, 4) is 5.75 Å². The van der Waals surface area contributed by atoms with Crippen LogP contribution in [0.4, 0.5) is 4.79 Å². The minimum atomic E-state index is -0.606. The highest BCUT2D eigenvalue weighted by atomic mass is 16.8. The third kappa shape index (κ3) is 8.06. The zero-order chi connectivity index (χ0) is 30.8. The summed E-state index contributed by atoms with van der Waals surface area (Å²) in [5.41, 5.74) is 2.29. The summed E-state index contributed by atoms with van der Waals surface area (Å²) in [5.74, 6) is 0.150. The number of carbonyl (C=O) groups excluding carboxylic acids is 3. The zero-order valence-corrected chi connectivity index (χ0v) is 25.8. The fourth-order valence-corrected chi connectivity index (χ4v) is 5.90. The van der Waals surface area contributed by atoms with Gasteiger partial charge in [0, 0.05) is 38.3 Å². The summed E-state index contributed by atoms with van der Waals surface area (Å²) in [6.07, 6.45) is 1.09. The van der Waals surface area contributed by atoms with Gasteiger partial charge < -0.3 is 34.1 Å². The van der Waals surface area contributed by atoms with E-state index in [0.717, 1.165) is 18.4 Å². The first-order valence-corrected chi connectivity index (χ1v) is 15.1. The first kappa shape index (κ1) is 30.8. The van der Waals surface area contributed by atoms with Crippen molar-refractivity contribution in [2.24, 2.45) is 0 Å². The van der Waals surface area contributed by atoms with Gasteiger partial charge in [0.2, 0.25) is 0 Å². The van der Waals surface area contributed by atoms with Crippen LogP contribution >= 0.6 is 0 Å². The molecule has 0 spiro atoms. The minimum Gasteiger partial charge on any atom is -0.484 e. The highest BCUT2D eigenvalue weighted by molar-refractivity contribution is 5.94. The Kier molecular flexibility index (Phi) is 8.99. The number of alkyl carbamates (subject to hydrolysis) is 1. The van der Waals surface area contributed by atoms with Gasteiger partial charge in [0.25, 0.3) is 11.8 Å². The van der Waals surface area contributed by atoms with Crippen LogP contribution in [-0.2, 0) is 25.5 Å². The number of likely N-dealkylation sites (tertiary alicyclic amines) is 2. The largest absolute Gasteiger partial charge is 0.484 e. The molecule has 0 aromatic heterocycles. The van der Waals surface area contributed by atoms with Gasteiger partial charge in [-0.15, -0.1) is 0 Å². The van der Waals surface area contributed by atoms with E-state index in [9.17, 15) is 14.4 Å². The SMILES string of the molecule is CC(C)(C)OC(=O)NCc1cccc(C2CCN(C(=O)c3ccc(OCC(=O)N4C[C@@H]5OC(C)(C)O[C@@H]5C4)cc3)CC2)c1. The molecule has 0 unspecified atom stereocenters. The zero-order valence-electron chi connectivity index (χ0n) is 25.8. The molecule has 3 aliphatic heterocycles. The molecule has 0 radical (unpaired) electrons. The standard InChI is InChI=1S/C33H43N3O7/c1-32(2,3)43-31(39)34-18-22-7-6-8-25(17-22)23-13-15-35(16-14-23)30(38)24-9-11-26(12-10-24)40-21-29(37)36-19-27-28(20-36)42-33(4,5)41-27/h6-12,17,23,27-28H,13-16,18-21H2,1-5H3,(H,34,39)/t27-,28+. The van der Waals surface area contributed by atoms with Crippen molar-refractivity contribution in [1.82, 2.24) is 15.1 Å². The van der Waals surface area contributed by atoms with Crippen LogP contribution < -0.4 is 10.1 Å². The molecule has 3 aliphatic rings. The number of hydrogen-bond acceptors (Lipinski definition) is 7. The van der Waals surface area contributed by atoms with Crippen LogP contribution in [0.25, 0.3) is 0 Å². The van der Waals surface area contributed by atoms with Gasteiger partial charge in [-0.1, -0.05) is 24.3 Å². The van der Waals surface area contributed by atoms with E-state index in [-0.39, 0.29) is 30.6 Å². The molecule has 0 aliphatic carbocycles. The molecule has 1 N–H and O–H groups in total. The van der Waals surface area contributed by atoms with Crippen molar-refractivity contribution >= 4 is 17.9 Å². The van der Waals surface area contributed by atoms with Crippen LogP contribution in [0, 0.1) is 0 Å². The first-order chi connectivity index (χ1) is 20.3. The maximum atomic E-state index is 13.2. The quantitative estimate of drug-likeness (QED) is 0.505. The summed E-state index contributed by atoms with van der Waals surface area (Å²) < 4.78 is 22.8. The molecule has 3 fully saturated rings. The average molecular weight is 594 g/mol. The Labute approximate surface area is 253 Å². The van der Waals surface area contributed by atoms with Crippen LogP contribution in [0.3, 0.4) is 0 Å². The van der Waals surface area contributed by atoms with Crippen molar-refractivity contribution in [1.29, 1.82) is 0 Å². The number of fused-ring (bicyclic) bond motifs is 1. The van der Waals surface area contributed by atoms with Gasteiger partial charge in [-0.05, 0) is 88.8 Å². The van der Waals surface area contributed by atoms with Crippen molar-refractivity contribution in [3.05, 3.63) is 65.2 Å². The Morgan fingerprint density at radius 3 is 2.23 bits per heavy atom. The van der Waals surface area contributed by atoms with Gasteiger partial charge in [-0.2, -0.15) is 0 Å².